The van der Waals surface area contributed by atoms with E-state index >= 15 is 0 Å². The molecular formula is C24H22FN5O3S2. The molecule has 0 bridgehead atoms. The molecule has 1 atom stereocenters. The second-order valence-electron chi connectivity index (χ2n) is 8.73. The molecule has 2 fully saturated rings. The van der Waals surface area contributed by atoms with Gasteiger partial charge in [-0.1, -0.05) is 12.1 Å². The first-order valence-corrected chi connectivity index (χ1v) is 13.2. The third kappa shape index (κ3) is 4.41. The van der Waals surface area contributed by atoms with E-state index in [0.29, 0.717) is 24.0 Å². The van der Waals surface area contributed by atoms with E-state index in [0.717, 1.165) is 46.1 Å². The van der Waals surface area contributed by atoms with Gasteiger partial charge in [0.2, 0.25) is 5.88 Å². The Labute approximate surface area is 208 Å². The second kappa shape index (κ2) is 9.04. The van der Waals surface area contributed by atoms with Crippen LogP contribution in [0.2, 0.25) is 0 Å². The molecule has 1 saturated heterocycles. The Morgan fingerprint density at radius 1 is 1.20 bits per heavy atom. The minimum atomic E-state index is -0.589. The van der Waals surface area contributed by atoms with Crippen molar-refractivity contribution in [2.24, 2.45) is 0 Å². The summed E-state index contributed by atoms with van der Waals surface area (Å²) in [5.41, 5.74) is 1.20. The van der Waals surface area contributed by atoms with Gasteiger partial charge >= 0.3 is 6.09 Å². The van der Waals surface area contributed by atoms with Crippen LogP contribution in [-0.4, -0.2) is 50.4 Å². The molecule has 3 aromatic heterocycles. The van der Waals surface area contributed by atoms with E-state index in [2.05, 4.69) is 10.3 Å². The molecule has 6 rings (SSSR count). The minimum absolute atomic E-state index is 0.152. The van der Waals surface area contributed by atoms with Crippen LogP contribution in [0.5, 0.6) is 5.88 Å². The number of carbonyl (C=O) groups excluding carboxylic acids is 2. The van der Waals surface area contributed by atoms with Crippen molar-refractivity contribution in [3.05, 3.63) is 58.6 Å². The Hall–Kier alpha value is -3.31. The number of nitrogens with one attached hydrogen (secondary N) is 1. The highest BCUT2D eigenvalue weighted by molar-refractivity contribution is 7.15. The summed E-state index contributed by atoms with van der Waals surface area (Å²) >= 11 is 2.97. The molecule has 1 aliphatic carbocycles. The number of hydrogen-bond acceptors (Lipinski definition) is 7. The van der Waals surface area contributed by atoms with Gasteiger partial charge in [-0.05, 0) is 43.4 Å². The Morgan fingerprint density at radius 3 is 2.83 bits per heavy atom. The number of likely N-dealkylation sites (tertiary alicyclic amines) is 1. The molecule has 1 saturated carbocycles. The summed E-state index contributed by atoms with van der Waals surface area (Å²) in [7, 11) is 0. The zero-order valence-electron chi connectivity index (χ0n) is 18.6. The fraction of sp³-hybridized carbons (Fsp3) is 0.333. The number of benzene rings is 1. The molecule has 0 spiro atoms. The van der Waals surface area contributed by atoms with Gasteiger partial charge in [0.25, 0.3) is 5.91 Å². The van der Waals surface area contributed by atoms with E-state index in [9.17, 15) is 14.0 Å². The number of imidazole rings is 1. The first-order chi connectivity index (χ1) is 17.1. The molecule has 1 aromatic carbocycles. The SMILES string of the molecule is O=C(NC[C@@H]1CCCN1C(=O)c1nc(C2CC2)sc1-c1ccc(F)cc1)Oc1cnc2sccn12. The van der Waals surface area contributed by atoms with Crippen molar-refractivity contribution < 1.29 is 18.7 Å². The average molecular weight is 512 g/mol. The summed E-state index contributed by atoms with van der Waals surface area (Å²) in [4.78, 5) is 38.3. The van der Waals surface area contributed by atoms with Gasteiger partial charge in [0, 0.05) is 36.6 Å². The summed E-state index contributed by atoms with van der Waals surface area (Å²) in [6.45, 7) is 0.874. The van der Waals surface area contributed by atoms with E-state index < -0.39 is 6.09 Å². The van der Waals surface area contributed by atoms with Gasteiger partial charge in [-0.3, -0.25) is 9.20 Å². The van der Waals surface area contributed by atoms with E-state index in [1.54, 1.807) is 27.6 Å². The Bertz CT molecular complexity index is 1390. The van der Waals surface area contributed by atoms with Crippen LogP contribution in [0, 0.1) is 5.82 Å². The molecule has 2 aliphatic rings. The van der Waals surface area contributed by atoms with Crippen molar-refractivity contribution in [1.29, 1.82) is 0 Å². The maximum absolute atomic E-state index is 13.6. The number of fused-ring (bicyclic) bond motifs is 1. The minimum Gasteiger partial charge on any atom is -0.391 e. The van der Waals surface area contributed by atoms with Crippen LogP contribution < -0.4 is 10.1 Å². The van der Waals surface area contributed by atoms with E-state index in [-0.39, 0.29) is 24.3 Å². The molecule has 11 heteroatoms. The Kier molecular flexibility index (Phi) is 5.73. The molecular weight excluding hydrogens is 489 g/mol. The number of halogens is 1. The molecule has 4 aromatic rings. The average Bonchev–Trinajstić information content (AvgIpc) is 3.24. The lowest BCUT2D eigenvalue weighted by Crippen LogP contribution is -2.44. The third-order valence-corrected chi connectivity index (χ3v) is 8.35. The number of nitrogens with zero attached hydrogens (tertiary/aromatic N) is 4. The first-order valence-electron chi connectivity index (χ1n) is 11.5. The number of amides is 2. The molecule has 2 amide bonds. The lowest BCUT2D eigenvalue weighted by Gasteiger charge is -2.24. The lowest BCUT2D eigenvalue weighted by molar-refractivity contribution is 0.0730. The topological polar surface area (TPSA) is 88.8 Å². The molecule has 4 heterocycles. The van der Waals surface area contributed by atoms with Crippen LogP contribution >= 0.6 is 22.7 Å². The zero-order chi connectivity index (χ0) is 23.9. The number of aromatic nitrogens is 3. The zero-order valence-corrected chi connectivity index (χ0v) is 20.3. The molecule has 0 unspecified atom stereocenters. The first kappa shape index (κ1) is 22.2. The van der Waals surface area contributed by atoms with Crippen molar-refractivity contribution in [1.82, 2.24) is 24.6 Å². The highest BCUT2D eigenvalue weighted by Crippen LogP contribution is 2.45. The standard InChI is InChI=1S/C24H22FN5O3S2/c25-16-7-5-14(6-8-16)20-19(28-21(35-20)15-3-4-15)22(31)29-9-1-2-17(29)12-27-24(32)33-18-13-26-23-30(18)10-11-34-23/h5-8,10-11,13,15,17H,1-4,9,12H2,(H,27,32)/t17-/m0/s1. The fourth-order valence-electron chi connectivity index (χ4n) is 4.35. The van der Waals surface area contributed by atoms with Crippen LogP contribution in [0.4, 0.5) is 9.18 Å². The van der Waals surface area contributed by atoms with Gasteiger partial charge in [-0.15, -0.1) is 22.7 Å². The van der Waals surface area contributed by atoms with Gasteiger partial charge in [-0.25, -0.2) is 19.2 Å². The third-order valence-electron chi connectivity index (χ3n) is 6.31. The van der Waals surface area contributed by atoms with E-state index in [1.165, 1.54) is 41.0 Å². The number of ether oxygens (including phenoxy) is 1. The van der Waals surface area contributed by atoms with Crippen molar-refractivity contribution in [3.8, 4) is 16.3 Å². The molecule has 35 heavy (non-hydrogen) atoms. The summed E-state index contributed by atoms with van der Waals surface area (Å²) in [5.74, 6) is 0.282. The van der Waals surface area contributed by atoms with Crippen LogP contribution in [0.1, 0.15) is 47.1 Å². The maximum atomic E-state index is 13.6. The Balaban J connectivity index is 1.17. The molecule has 1 aliphatic heterocycles. The highest BCUT2D eigenvalue weighted by Gasteiger charge is 2.35. The van der Waals surface area contributed by atoms with Crippen molar-refractivity contribution in [2.75, 3.05) is 13.1 Å². The monoisotopic (exact) mass is 511 g/mol. The molecule has 1 N–H and O–H groups in total. The van der Waals surface area contributed by atoms with Gasteiger partial charge < -0.3 is 15.0 Å². The van der Waals surface area contributed by atoms with E-state index in [4.69, 9.17) is 9.72 Å². The lowest BCUT2D eigenvalue weighted by atomic mass is 10.1. The summed E-state index contributed by atoms with van der Waals surface area (Å²) in [6.07, 6.45) is 6.49. The van der Waals surface area contributed by atoms with Gasteiger partial charge in [0.05, 0.1) is 16.1 Å². The maximum Gasteiger partial charge on any atom is 0.414 e. The number of hydrogen-bond donors (Lipinski definition) is 1. The predicted molar refractivity (Wildman–Crippen MR) is 131 cm³/mol. The van der Waals surface area contributed by atoms with Crippen molar-refractivity contribution >= 4 is 39.6 Å². The van der Waals surface area contributed by atoms with Crippen LogP contribution in [-0.2, 0) is 0 Å². The quantitative estimate of drug-likeness (QED) is 0.397. The normalized spacial score (nSPS) is 17.7. The van der Waals surface area contributed by atoms with Gasteiger partial charge in [0.15, 0.2) is 4.96 Å². The molecule has 8 nitrogen and oxygen atoms in total. The van der Waals surface area contributed by atoms with Crippen LogP contribution in [0.25, 0.3) is 15.4 Å². The Morgan fingerprint density at radius 2 is 2.03 bits per heavy atom. The second-order valence-corrected chi connectivity index (χ2v) is 10.6. The summed E-state index contributed by atoms with van der Waals surface area (Å²) in [6, 6.07) is 6.03. The number of rotatable bonds is 6. The summed E-state index contributed by atoms with van der Waals surface area (Å²) < 4.78 is 20.6. The van der Waals surface area contributed by atoms with E-state index in [1.807, 2.05) is 5.38 Å². The van der Waals surface area contributed by atoms with Crippen LogP contribution in [0.15, 0.2) is 42.0 Å². The molecule has 0 radical (unpaired) electrons. The highest BCUT2D eigenvalue weighted by atomic mass is 32.1. The van der Waals surface area contributed by atoms with Crippen LogP contribution in [0.3, 0.4) is 0 Å². The van der Waals surface area contributed by atoms with Crippen molar-refractivity contribution in [2.45, 2.75) is 37.6 Å². The van der Waals surface area contributed by atoms with Crippen molar-refractivity contribution in [3.63, 3.8) is 0 Å². The predicted octanol–water partition coefficient (Wildman–Crippen LogP) is 4.93. The fourth-order valence-corrected chi connectivity index (χ4v) is 6.26. The summed E-state index contributed by atoms with van der Waals surface area (Å²) in [5, 5.41) is 5.62. The van der Waals surface area contributed by atoms with Gasteiger partial charge in [-0.2, -0.15) is 0 Å². The van der Waals surface area contributed by atoms with Gasteiger partial charge in [0.1, 0.15) is 11.5 Å². The molecule has 180 valence electrons. The smallest absolute Gasteiger partial charge is 0.391 e. The number of thiazole rings is 2. The number of carbonyl (C=O) groups is 2. The largest absolute Gasteiger partial charge is 0.414 e.